The van der Waals surface area contributed by atoms with Crippen LogP contribution in [-0.4, -0.2) is 7.85 Å². The maximum absolute atomic E-state index is 2.54. The third-order valence-electron chi connectivity index (χ3n) is 7.25. The Morgan fingerprint density at radius 2 is 1.46 bits per heavy atom. The lowest BCUT2D eigenvalue weighted by molar-refractivity contribution is 0.661. The van der Waals surface area contributed by atoms with E-state index in [1.54, 1.807) is 11.1 Å². The van der Waals surface area contributed by atoms with Gasteiger partial charge in [-0.05, 0) is 93.1 Å². The van der Waals surface area contributed by atoms with Crippen LogP contribution in [0, 0.1) is 0 Å². The average Bonchev–Trinajstić information content (AvgIpc) is 2.93. The van der Waals surface area contributed by atoms with E-state index < -0.39 is 0 Å². The molecule has 0 saturated heterocycles. The fourth-order valence-corrected chi connectivity index (χ4v) is 5.81. The number of aryl methyl sites for hydroxylation is 1. The van der Waals surface area contributed by atoms with Crippen LogP contribution in [-0.2, 0) is 18.3 Å². The zero-order valence-corrected chi connectivity index (χ0v) is 17.0. The van der Waals surface area contributed by atoms with Crippen molar-refractivity contribution >= 4 is 36.2 Å². The highest BCUT2D eigenvalue weighted by Crippen LogP contribution is 2.51. The van der Waals surface area contributed by atoms with Gasteiger partial charge < -0.3 is 0 Å². The molecule has 0 spiro atoms. The Morgan fingerprint density at radius 1 is 0.750 bits per heavy atom. The quantitative estimate of drug-likeness (QED) is 0.476. The monoisotopic (exact) mass is 360 g/mol. The van der Waals surface area contributed by atoms with Crippen molar-refractivity contribution in [1.82, 2.24) is 0 Å². The van der Waals surface area contributed by atoms with Crippen molar-refractivity contribution < 1.29 is 0 Å². The molecule has 0 bridgehead atoms. The second-order valence-corrected chi connectivity index (χ2v) is 9.28. The standard InChI is InChI=1S/C27H25B/c1-27(2)25-12-11-16(28)13-23(25)24-14-21-19-9-5-3-7-17(19)18-8-4-6-10-20(18)22(21)15-26(24)27/h4-5,8-9,11-15H,3,6-7,10,28H2,1-2H3. The molecule has 3 aliphatic carbocycles. The summed E-state index contributed by atoms with van der Waals surface area (Å²) < 4.78 is 0. The Hall–Kier alpha value is -2.54. The molecule has 28 heavy (non-hydrogen) atoms. The summed E-state index contributed by atoms with van der Waals surface area (Å²) in [5.74, 6) is 0. The van der Waals surface area contributed by atoms with E-state index in [1.807, 2.05) is 0 Å². The van der Waals surface area contributed by atoms with E-state index in [9.17, 15) is 0 Å². The van der Waals surface area contributed by atoms with Crippen molar-refractivity contribution in [2.75, 3.05) is 0 Å². The predicted octanol–water partition coefficient (Wildman–Crippen LogP) is 5.32. The summed E-state index contributed by atoms with van der Waals surface area (Å²) in [7, 11) is 2.21. The highest BCUT2D eigenvalue weighted by atomic mass is 14.4. The topological polar surface area (TPSA) is 0 Å². The molecule has 0 radical (unpaired) electrons. The molecule has 0 heterocycles. The van der Waals surface area contributed by atoms with E-state index in [4.69, 9.17) is 0 Å². The molecule has 3 aliphatic rings. The molecule has 3 aromatic rings. The Bertz CT molecular complexity index is 1240. The zero-order chi connectivity index (χ0) is 19.0. The van der Waals surface area contributed by atoms with Crippen LogP contribution < -0.4 is 5.46 Å². The molecule has 0 saturated carbocycles. The second kappa shape index (κ2) is 5.51. The highest BCUT2D eigenvalue weighted by Gasteiger charge is 2.36. The summed E-state index contributed by atoms with van der Waals surface area (Å²) in [6, 6.07) is 12.1. The third-order valence-corrected chi connectivity index (χ3v) is 7.25. The summed E-state index contributed by atoms with van der Waals surface area (Å²) in [5.41, 5.74) is 13.4. The van der Waals surface area contributed by atoms with Crippen molar-refractivity contribution in [3.63, 3.8) is 0 Å². The first-order valence-electron chi connectivity index (χ1n) is 10.7. The van der Waals surface area contributed by atoms with E-state index in [-0.39, 0.29) is 5.41 Å². The average molecular weight is 360 g/mol. The summed E-state index contributed by atoms with van der Waals surface area (Å²) in [6.07, 6.45) is 14.2. The van der Waals surface area contributed by atoms with Gasteiger partial charge >= 0.3 is 0 Å². The van der Waals surface area contributed by atoms with Gasteiger partial charge in [0.05, 0.1) is 0 Å². The molecule has 0 nitrogen and oxygen atoms in total. The van der Waals surface area contributed by atoms with Gasteiger partial charge in [-0.25, -0.2) is 0 Å². The Morgan fingerprint density at radius 3 is 2.29 bits per heavy atom. The Kier molecular flexibility index (Phi) is 3.23. The highest BCUT2D eigenvalue weighted by molar-refractivity contribution is 6.32. The number of fused-ring (bicyclic) bond motifs is 9. The van der Waals surface area contributed by atoms with Crippen molar-refractivity contribution in [1.29, 1.82) is 0 Å². The molecule has 0 N–H and O–H groups in total. The van der Waals surface area contributed by atoms with Crippen LogP contribution in [0.5, 0.6) is 0 Å². The molecule has 6 rings (SSSR count). The van der Waals surface area contributed by atoms with Gasteiger partial charge in [0.25, 0.3) is 0 Å². The van der Waals surface area contributed by atoms with Crippen molar-refractivity contribution in [3.8, 4) is 11.1 Å². The van der Waals surface area contributed by atoms with E-state index >= 15 is 0 Å². The maximum Gasteiger partial charge on any atom is 0.139 e. The van der Waals surface area contributed by atoms with Gasteiger partial charge in [-0.2, -0.15) is 0 Å². The number of rotatable bonds is 0. The lowest BCUT2D eigenvalue weighted by atomic mass is 9.78. The molecule has 3 aromatic carbocycles. The van der Waals surface area contributed by atoms with E-state index in [1.165, 1.54) is 68.9 Å². The fourth-order valence-electron chi connectivity index (χ4n) is 5.81. The van der Waals surface area contributed by atoms with E-state index in [2.05, 4.69) is 76.3 Å². The number of allylic oxidation sites excluding steroid dienone is 2. The van der Waals surface area contributed by atoms with Crippen LogP contribution in [0.1, 0.15) is 60.1 Å². The minimum atomic E-state index is 0.0652. The predicted molar refractivity (Wildman–Crippen MR) is 124 cm³/mol. The van der Waals surface area contributed by atoms with Gasteiger partial charge in [-0.1, -0.05) is 61.8 Å². The maximum atomic E-state index is 2.54. The van der Waals surface area contributed by atoms with E-state index in [0.29, 0.717) is 0 Å². The zero-order valence-electron chi connectivity index (χ0n) is 17.0. The van der Waals surface area contributed by atoms with Gasteiger partial charge in [-0.15, -0.1) is 0 Å². The van der Waals surface area contributed by atoms with Crippen molar-refractivity contribution in [2.24, 2.45) is 0 Å². The van der Waals surface area contributed by atoms with Gasteiger partial charge in [0.15, 0.2) is 0 Å². The molecule has 0 amide bonds. The van der Waals surface area contributed by atoms with Crippen LogP contribution >= 0.6 is 0 Å². The summed E-state index contributed by atoms with van der Waals surface area (Å²) in [4.78, 5) is 0. The Balaban J connectivity index is 1.77. The SMILES string of the molecule is Bc1ccc2c(c1)-c1cc3c4c(c5c(c3cc1C2(C)C)CCC=C5)CCC=C4. The fraction of sp³-hybridized carbons (Fsp3) is 0.259. The van der Waals surface area contributed by atoms with Crippen molar-refractivity contribution in [2.45, 2.75) is 44.9 Å². The van der Waals surface area contributed by atoms with Gasteiger partial charge in [-0.3, -0.25) is 0 Å². The van der Waals surface area contributed by atoms with Crippen LogP contribution in [0.4, 0.5) is 0 Å². The first kappa shape index (κ1) is 16.4. The van der Waals surface area contributed by atoms with Crippen molar-refractivity contribution in [3.05, 3.63) is 75.9 Å². The summed E-state index contributed by atoms with van der Waals surface area (Å²) >= 11 is 0. The minimum absolute atomic E-state index is 0.0652. The lowest BCUT2D eigenvalue weighted by Gasteiger charge is -2.26. The largest absolute Gasteiger partial charge is 0.139 e. The number of hydrogen-bond donors (Lipinski definition) is 0. The lowest BCUT2D eigenvalue weighted by Crippen LogP contribution is -2.16. The minimum Gasteiger partial charge on any atom is -0.0883 e. The van der Waals surface area contributed by atoms with Crippen LogP contribution in [0.2, 0.25) is 0 Å². The van der Waals surface area contributed by atoms with Gasteiger partial charge in [0.1, 0.15) is 7.85 Å². The first-order chi connectivity index (χ1) is 13.6. The van der Waals surface area contributed by atoms with Crippen LogP contribution in [0.3, 0.4) is 0 Å². The summed E-state index contributed by atoms with van der Waals surface area (Å²) in [5, 5.41) is 2.95. The number of benzene rings is 3. The molecule has 0 unspecified atom stereocenters. The normalized spacial score (nSPS) is 17.9. The third kappa shape index (κ3) is 2.03. The van der Waals surface area contributed by atoms with E-state index in [0.717, 1.165) is 6.42 Å². The molecular formula is C27H25B. The Labute approximate surface area is 168 Å². The molecule has 0 aromatic heterocycles. The molecule has 0 fully saturated rings. The molecule has 0 atom stereocenters. The second-order valence-electron chi connectivity index (χ2n) is 9.28. The van der Waals surface area contributed by atoms with Gasteiger partial charge in [0, 0.05) is 5.41 Å². The number of hydrogen-bond acceptors (Lipinski definition) is 0. The molecule has 1 heteroatoms. The molecule has 136 valence electrons. The van der Waals surface area contributed by atoms with Crippen LogP contribution in [0.25, 0.3) is 34.1 Å². The first-order valence-corrected chi connectivity index (χ1v) is 10.7. The van der Waals surface area contributed by atoms with Gasteiger partial charge in [0.2, 0.25) is 0 Å². The summed E-state index contributed by atoms with van der Waals surface area (Å²) in [6.45, 7) is 4.78. The smallest absolute Gasteiger partial charge is 0.0883 e. The molecule has 0 aliphatic heterocycles. The molecular weight excluding hydrogens is 335 g/mol. The van der Waals surface area contributed by atoms with Crippen LogP contribution in [0.15, 0.2) is 42.5 Å².